The van der Waals surface area contributed by atoms with Gasteiger partial charge in [-0.3, -0.25) is 24.3 Å². The van der Waals surface area contributed by atoms with E-state index < -0.39 is 17.9 Å². The van der Waals surface area contributed by atoms with Crippen molar-refractivity contribution in [1.82, 2.24) is 14.7 Å². The average Bonchev–Trinajstić information content (AvgIpc) is 3.53. The first-order valence-electron chi connectivity index (χ1n) is 11.7. The Balaban J connectivity index is 1.82. The highest BCUT2D eigenvalue weighted by atomic mass is 32.1. The summed E-state index contributed by atoms with van der Waals surface area (Å²) in [6.45, 7) is 2.36. The van der Waals surface area contributed by atoms with Crippen molar-refractivity contribution in [1.29, 1.82) is 0 Å². The molecule has 10 nitrogen and oxygen atoms in total. The Morgan fingerprint density at radius 2 is 1.81 bits per heavy atom. The van der Waals surface area contributed by atoms with Crippen LogP contribution in [0.15, 0.2) is 48.8 Å². The van der Waals surface area contributed by atoms with Gasteiger partial charge in [-0.1, -0.05) is 12.8 Å². The highest BCUT2D eigenvalue weighted by Gasteiger charge is 2.37. The van der Waals surface area contributed by atoms with Crippen molar-refractivity contribution < 1.29 is 19.1 Å². The Morgan fingerprint density at radius 1 is 1.14 bits per heavy atom. The molecule has 11 heteroatoms. The number of nitrogens with one attached hydrogen (secondary N) is 1. The Hall–Kier alpha value is -3.99. The minimum absolute atomic E-state index is 0.0189. The molecular formula is C25H28N6O4S. The number of benzene rings is 1. The van der Waals surface area contributed by atoms with Crippen molar-refractivity contribution in [2.45, 2.75) is 44.7 Å². The lowest BCUT2D eigenvalue weighted by Crippen LogP contribution is -2.46. The van der Waals surface area contributed by atoms with Crippen LogP contribution in [-0.2, 0) is 4.79 Å². The Labute approximate surface area is 212 Å². The number of carbonyl (C=O) groups is 3. The van der Waals surface area contributed by atoms with E-state index >= 15 is 0 Å². The number of carbonyl (C=O) groups excluding carboxylic acids is 3. The van der Waals surface area contributed by atoms with Crippen molar-refractivity contribution in [2.24, 2.45) is 5.73 Å². The Morgan fingerprint density at radius 3 is 2.39 bits per heavy atom. The molecule has 188 valence electrons. The van der Waals surface area contributed by atoms with Crippen LogP contribution in [-0.4, -0.2) is 39.7 Å². The van der Waals surface area contributed by atoms with Crippen molar-refractivity contribution in [2.75, 3.05) is 17.2 Å². The first kappa shape index (κ1) is 25.1. The van der Waals surface area contributed by atoms with Crippen molar-refractivity contribution in [3.63, 3.8) is 0 Å². The molecule has 4 rings (SSSR count). The summed E-state index contributed by atoms with van der Waals surface area (Å²) in [7, 11) is 0. The van der Waals surface area contributed by atoms with E-state index in [1.54, 1.807) is 48.8 Å². The molecule has 3 aromatic rings. The summed E-state index contributed by atoms with van der Waals surface area (Å²) < 4.78 is 9.52. The lowest BCUT2D eigenvalue weighted by molar-refractivity contribution is -0.123. The van der Waals surface area contributed by atoms with Gasteiger partial charge in [-0.25, -0.2) is 0 Å². The number of primary amides is 1. The molecule has 0 aliphatic heterocycles. The number of amides is 3. The number of rotatable bonds is 9. The Kier molecular flexibility index (Phi) is 7.79. The van der Waals surface area contributed by atoms with Gasteiger partial charge >= 0.3 is 0 Å². The van der Waals surface area contributed by atoms with Crippen LogP contribution in [0.25, 0.3) is 0 Å². The third-order valence-corrected chi connectivity index (χ3v) is 6.88. The molecule has 36 heavy (non-hydrogen) atoms. The van der Waals surface area contributed by atoms with Crippen LogP contribution in [0, 0.1) is 0 Å². The predicted octanol–water partition coefficient (Wildman–Crippen LogP) is 3.06. The van der Waals surface area contributed by atoms with Gasteiger partial charge in [-0.05, 0) is 73.3 Å². The van der Waals surface area contributed by atoms with Gasteiger partial charge in [0.25, 0.3) is 11.8 Å². The number of nitrogen functional groups attached to an aromatic ring is 1. The van der Waals surface area contributed by atoms with Crippen LogP contribution in [0.5, 0.6) is 5.75 Å². The van der Waals surface area contributed by atoms with Crippen LogP contribution in [0.4, 0.5) is 11.4 Å². The first-order chi connectivity index (χ1) is 17.4. The summed E-state index contributed by atoms with van der Waals surface area (Å²) in [6.07, 6.45) is 6.99. The maximum atomic E-state index is 14.0. The summed E-state index contributed by atoms with van der Waals surface area (Å²) in [5.74, 6) is -1.11. The molecule has 0 bridgehead atoms. The van der Waals surface area contributed by atoms with Crippen LogP contribution in [0.3, 0.4) is 0 Å². The normalized spacial score (nSPS) is 14.2. The zero-order valence-electron chi connectivity index (χ0n) is 19.8. The van der Waals surface area contributed by atoms with Gasteiger partial charge in [0, 0.05) is 24.1 Å². The van der Waals surface area contributed by atoms with E-state index in [4.69, 9.17) is 16.2 Å². The van der Waals surface area contributed by atoms with Crippen molar-refractivity contribution >= 4 is 40.6 Å². The number of ether oxygens (including phenoxy) is 1. The zero-order chi connectivity index (χ0) is 25.7. The molecule has 2 aromatic heterocycles. The lowest BCUT2D eigenvalue weighted by atomic mass is 10.0. The van der Waals surface area contributed by atoms with Gasteiger partial charge in [0.15, 0.2) is 5.69 Å². The maximum absolute atomic E-state index is 14.0. The zero-order valence-corrected chi connectivity index (χ0v) is 20.7. The number of hydrogen-bond donors (Lipinski definition) is 3. The molecular weight excluding hydrogens is 480 g/mol. The summed E-state index contributed by atoms with van der Waals surface area (Å²) in [6, 6.07) is 9.24. The topological polar surface area (TPSA) is 154 Å². The fourth-order valence-corrected chi connectivity index (χ4v) is 5.05. The predicted molar refractivity (Wildman–Crippen MR) is 137 cm³/mol. The van der Waals surface area contributed by atoms with Gasteiger partial charge in [-0.15, -0.1) is 0 Å². The van der Waals surface area contributed by atoms with Gasteiger partial charge < -0.3 is 21.5 Å². The second-order valence-corrected chi connectivity index (χ2v) is 9.19. The number of aromatic nitrogens is 2. The molecule has 0 spiro atoms. The van der Waals surface area contributed by atoms with E-state index in [-0.39, 0.29) is 28.2 Å². The number of nitrogens with two attached hydrogens (primary N) is 2. The van der Waals surface area contributed by atoms with E-state index in [1.165, 1.54) is 4.90 Å². The summed E-state index contributed by atoms with van der Waals surface area (Å²) in [5, 5.41) is 3.11. The standard InChI is InChI=1S/C25H28N6O4S/c1-2-35-18-9-7-17(8-10-18)31(25(34)22-19(26)20(23(27)32)30-36-22)21(15-11-13-28-14-12-15)24(33)29-16-5-3-4-6-16/h7-14,16,21H,2-6,26H2,1H3,(H2,27,32)(H,29,33)/t21-/m0/s1. The van der Waals surface area contributed by atoms with Gasteiger partial charge in [0.1, 0.15) is 16.7 Å². The third kappa shape index (κ3) is 5.30. The first-order valence-corrected chi connectivity index (χ1v) is 12.5. The molecule has 0 radical (unpaired) electrons. The number of hydrogen-bond acceptors (Lipinski definition) is 8. The SMILES string of the molecule is CCOc1ccc(N(C(=O)c2snc(C(N)=O)c2N)[C@H](C(=O)NC2CCCC2)c2ccncc2)cc1. The van der Waals surface area contributed by atoms with E-state index in [0.717, 1.165) is 37.2 Å². The minimum atomic E-state index is -1.03. The van der Waals surface area contributed by atoms with Crippen molar-refractivity contribution in [3.8, 4) is 5.75 Å². The Bertz CT molecular complexity index is 1230. The van der Waals surface area contributed by atoms with E-state index in [1.807, 2.05) is 6.92 Å². The molecule has 1 aliphatic rings. The largest absolute Gasteiger partial charge is 0.494 e. The average molecular weight is 509 g/mol. The second-order valence-electron chi connectivity index (χ2n) is 8.41. The molecule has 2 heterocycles. The number of nitrogens with zero attached hydrogens (tertiary/aromatic N) is 3. The van der Waals surface area contributed by atoms with Crippen molar-refractivity contribution in [3.05, 3.63) is 64.9 Å². The fourth-order valence-electron chi connectivity index (χ4n) is 4.31. The molecule has 3 amide bonds. The van der Waals surface area contributed by atoms with E-state index in [9.17, 15) is 14.4 Å². The maximum Gasteiger partial charge on any atom is 0.273 e. The van der Waals surface area contributed by atoms with Crippen LogP contribution in [0.1, 0.15) is 64.4 Å². The van der Waals surface area contributed by atoms with Crippen LogP contribution in [0.2, 0.25) is 0 Å². The van der Waals surface area contributed by atoms with E-state index in [0.29, 0.717) is 23.6 Å². The molecule has 1 aromatic carbocycles. The molecule has 0 saturated heterocycles. The number of anilines is 2. The quantitative estimate of drug-likeness (QED) is 0.401. The molecule has 1 atom stereocenters. The number of pyridine rings is 1. The summed E-state index contributed by atoms with van der Waals surface area (Å²) in [4.78, 5) is 44.9. The summed E-state index contributed by atoms with van der Waals surface area (Å²) in [5.41, 5.74) is 12.2. The van der Waals surface area contributed by atoms with Gasteiger partial charge in [0.05, 0.1) is 12.3 Å². The molecule has 1 fully saturated rings. The lowest BCUT2D eigenvalue weighted by Gasteiger charge is -2.32. The molecule has 5 N–H and O–H groups in total. The molecule has 1 aliphatic carbocycles. The highest BCUT2D eigenvalue weighted by molar-refractivity contribution is 7.09. The van der Waals surface area contributed by atoms with Gasteiger partial charge in [-0.2, -0.15) is 4.37 Å². The monoisotopic (exact) mass is 508 g/mol. The van der Waals surface area contributed by atoms with Gasteiger partial charge in [0.2, 0.25) is 5.91 Å². The molecule has 1 saturated carbocycles. The van der Waals surface area contributed by atoms with E-state index in [2.05, 4.69) is 14.7 Å². The minimum Gasteiger partial charge on any atom is -0.494 e. The highest BCUT2D eigenvalue weighted by Crippen LogP contribution is 2.34. The smallest absolute Gasteiger partial charge is 0.273 e. The second kappa shape index (κ2) is 11.2. The fraction of sp³-hybridized carbons (Fsp3) is 0.320. The molecule has 0 unspecified atom stereocenters. The third-order valence-electron chi connectivity index (χ3n) is 6.03. The van der Waals surface area contributed by atoms with Crippen LogP contribution >= 0.6 is 11.5 Å². The summed E-state index contributed by atoms with van der Waals surface area (Å²) >= 11 is 0.768. The van der Waals surface area contributed by atoms with Crippen LogP contribution < -0.4 is 26.4 Å².